The first kappa shape index (κ1) is 16.2. The van der Waals surface area contributed by atoms with Gasteiger partial charge in [0.15, 0.2) is 0 Å². The summed E-state index contributed by atoms with van der Waals surface area (Å²) in [5, 5.41) is 4.41. The van der Waals surface area contributed by atoms with Crippen molar-refractivity contribution in [2.24, 2.45) is 0 Å². The number of nitrogens with zero attached hydrogens (tertiary/aromatic N) is 1. The second-order valence-electron chi connectivity index (χ2n) is 5.71. The summed E-state index contributed by atoms with van der Waals surface area (Å²) >= 11 is 12.6. The molecule has 120 valence electrons. The number of nitrogens with one attached hydrogen (secondary N) is 1. The Kier molecular flexibility index (Phi) is 4.51. The Balaban J connectivity index is 2.14. The molecule has 0 spiro atoms. The number of amides is 1. The van der Waals surface area contributed by atoms with Crippen molar-refractivity contribution in [2.45, 2.75) is 32.5 Å². The van der Waals surface area contributed by atoms with E-state index in [1.807, 2.05) is 48.2 Å². The van der Waals surface area contributed by atoms with Gasteiger partial charge in [-0.1, -0.05) is 54.4 Å². The smallest absolute Gasteiger partial charge is 0.258 e. The molecular weight excluding hydrogens is 331 g/mol. The van der Waals surface area contributed by atoms with Crippen molar-refractivity contribution in [3.05, 3.63) is 63.6 Å². The first-order chi connectivity index (χ1) is 11.0. The number of fused-ring (bicyclic) bond motifs is 1. The Bertz CT molecular complexity index is 748. The predicted octanol–water partition coefficient (Wildman–Crippen LogP) is 5.36. The van der Waals surface area contributed by atoms with Crippen LogP contribution in [-0.4, -0.2) is 16.8 Å². The number of carbonyl (C=O) groups excluding carboxylic acids is 1. The summed E-state index contributed by atoms with van der Waals surface area (Å²) in [5.41, 5.74) is 2.31. The van der Waals surface area contributed by atoms with Gasteiger partial charge < -0.3 is 10.2 Å². The lowest BCUT2D eigenvalue weighted by Crippen LogP contribution is -2.47. The van der Waals surface area contributed by atoms with Crippen LogP contribution in [-0.2, 0) is 0 Å². The molecule has 0 saturated carbocycles. The van der Waals surface area contributed by atoms with Crippen molar-refractivity contribution in [1.29, 1.82) is 0 Å². The molecule has 0 bridgehead atoms. The van der Waals surface area contributed by atoms with Crippen molar-refractivity contribution in [3.63, 3.8) is 0 Å². The third kappa shape index (κ3) is 2.79. The molecule has 1 heterocycles. The lowest BCUT2D eigenvalue weighted by Gasteiger charge is -2.41. The minimum absolute atomic E-state index is 0.00902. The Labute approximate surface area is 146 Å². The van der Waals surface area contributed by atoms with E-state index in [2.05, 4.69) is 12.2 Å². The Hall–Kier alpha value is -1.71. The normalized spacial score (nSPS) is 18.3. The third-order valence-electron chi connectivity index (χ3n) is 4.30. The number of para-hydroxylation sites is 1. The van der Waals surface area contributed by atoms with Crippen LogP contribution in [0.15, 0.2) is 42.5 Å². The number of carbonyl (C=O) groups is 1. The van der Waals surface area contributed by atoms with E-state index in [0.29, 0.717) is 15.6 Å². The molecule has 3 nitrogen and oxygen atoms in total. The van der Waals surface area contributed by atoms with Crippen LogP contribution >= 0.6 is 23.2 Å². The number of hydrogen-bond donors (Lipinski definition) is 1. The van der Waals surface area contributed by atoms with Gasteiger partial charge in [0.25, 0.3) is 5.91 Å². The Morgan fingerprint density at radius 3 is 2.65 bits per heavy atom. The summed E-state index contributed by atoms with van der Waals surface area (Å²) in [4.78, 5) is 14.9. The highest BCUT2D eigenvalue weighted by molar-refractivity contribution is 6.42. The van der Waals surface area contributed by atoms with Crippen molar-refractivity contribution in [1.82, 2.24) is 4.90 Å². The van der Waals surface area contributed by atoms with Crippen molar-refractivity contribution in [2.75, 3.05) is 5.32 Å². The van der Waals surface area contributed by atoms with Crippen LogP contribution in [0.5, 0.6) is 0 Å². The summed E-state index contributed by atoms with van der Waals surface area (Å²) in [6.07, 6.45) is 0.517. The van der Waals surface area contributed by atoms with Crippen LogP contribution < -0.4 is 5.32 Å². The van der Waals surface area contributed by atoms with Crippen LogP contribution in [0.1, 0.15) is 42.4 Å². The van der Waals surface area contributed by atoms with E-state index in [4.69, 9.17) is 23.2 Å². The van der Waals surface area contributed by atoms with Gasteiger partial charge in [0.05, 0.1) is 15.6 Å². The molecule has 2 unspecified atom stereocenters. The van der Waals surface area contributed by atoms with E-state index in [-0.39, 0.29) is 18.1 Å². The highest BCUT2D eigenvalue weighted by Gasteiger charge is 2.36. The summed E-state index contributed by atoms with van der Waals surface area (Å²) in [5.74, 6) is 0.00902. The third-order valence-corrected chi connectivity index (χ3v) is 5.14. The maximum Gasteiger partial charge on any atom is 0.258 e. The van der Waals surface area contributed by atoms with E-state index >= 15 is 0 Å². The number of anilines is 1. The van der Waals surface area contributed by atoms with Crippen LogP contribution in [0.25, 0.3) is 0 Å². The molecule has 2 atom stereocenters. The average Bonchev–Trinajstić information content (AvgIpc) is 2.56. The molecule has 0 aromatic heterocycles. The van der Waals surface area contributed by atoms with Gasteiger partial charge in [-0.3, -0.25) is 4.79 Å². The van der Waals surface area contributed by atoms with E-state index in [9.17, 15) is 4.79 Å². The lowest BCUT2D eigenvalue weighted by molar-refractivity contribution is 0.0594. The van der Waals surface area contributed by atoms with Crippen molar-refractivity contribution in [3.8, 4) is 0 Å². The summed E-state index contributed by atoms with van der Waals surface area (Å²) < 4.78 is 0. The number of rotatable bonds is 3. The molecular formula is C18H18Cl2N2O. The molecule has 0 fully saturated rings. The van der Waals surface area contributed by atoms with Crippen LogP contribution in [0, 0.1) is 0 Å². The van der Waals surface area contributed by atoms with Crippen LogP contribution in [0.4, 0.5) is 5.69 Å². The van der Waals surface area contributed by atoms with Crippen molar-refractivity contribution < 1.29 is 4.79 Å². The quantitative estimate of drug-likeness (QED) is 0.809. The van der Waals surface area contributed by atoms with Crippen LogP contribution in [0.2, 0.25) is 10.0 Å². The Morgan fingerprint density at radius 1 is 1.17 bits per heavy atom. The lowest BCUT2D eigenvalue weighted by atomic mass is 10.0. The van der Waals surface area contributed by atoms with Gasteiger partial charge >= 0.3 is 0 Å². The zero-order chi connectivity index (χ0) is 16.6. The SMILES string of the molecule is CCC(C)N1C(=O)c2ccccc2NC1c1cccc(Cl)c1Cl. The monoisotopic (exact) mass is 348 g/mol. The standard InChI is InChI=1S/C18H18Cl2N2O/c1-3-11(2)22-17(13-8-6-9-14(19)16(13)20)21-15-10-5-4-7-12(15)18(22)23/h4-11,17,21H,3H2,1-2H3. The molecule has 1 aliphatic rings. The number of benzene rings is 2. The Morgan fingerprint density at radius 2 is 1.91 bits per heavy atom. The van der Waals surface area contributed by atoms with Gasteiger partial charge in [-0.25, -0.2) is 0 Å². The summed E-state index contributed by atoms with van der Waals surface area (Å²) in [7, 11) is 0. The molecule has 0 saturated heterocycles. The maximum atomic E-state index is 13.0. The van der Waals surface area contributed by atoms with Crippen LogP contribution in [0.3, 0.4) is 0 Å². The van der Waals surface area contributed by atoms with Gasteiger partial charge in [0, 0.05) is 17.3 Å². The fourth-order valence-electron chi connectivity index (χ4n) is 2.88. The second kappa shape index (κ2) is 6.42. The molecule has 1 N–H and O–H groups in total. The molecule has 2 aromatic rings. The molecule has 5 heteroatoms. The van der Waals surface area contributed by atoms with E-state index in [1.165, 1.54) is 0 Å². The van der Waals surface area contributed by atoms with E-state index < -0.39 is 0 Å². The predicted molar refractivity (Wildman–Crippen MR) is 95.2 cm³/mol. The van der Waals surface area contributed by atoms with E-state index in [1.54, 1.807) is 6.07 Å². The van der Waals surface area contributed by atoms with Gasteiger partial charge in [-0.2, -0.15) is 0 Å². The first-order valence-corrected chi connectivity index (χ1v) is 8.42. The highest BCUT2D eigenvalue weighted by atomic mass is 35.5. The topological polar surface area (TPSA) is 32.3 Å². The molecule has 1 aliphatic heterocycles. The molecule has 23 heavy (non-hydrogen) atoms. The fraction of sp³-hybridized carbons (Fsp3) is 0.278. The number of hydrogen-bond acceptors (Lipinski definition) is 2. The maximum absolute atomic E-state index is 13.0. The van der Waals surface area contributed by atoms with Gasteiger partial charge in [-0.05, 0) is 31.5 Å². The van der Waals surface area contributed by atoms with Crippen molar-refractivity contribution >= 4 is 34.8 Å². The minimum atomic E-state index is -0.335. The van der Waals surface area contributed by atoms with Gasteiger partial charge in [0.1, 0.15) is 6.17 Å². The zero-order valence-electron chi connectivity index (χ0n) is 13.0. The molecule has 2 aromatic carbocycles. The molecule has 3 rings (SSSR count). The number of halogens is 2. The van der Waals surface area contributed by atoms with Gasteiger partial charge in [0.2, 0.25) is 0 Å². The molecule has 0 radical (unpaired) electrons. The first-order valence-electron chi connectivity index (χ1n) is 7.66. The highest BCUT2D eigenvalue weighted by Crippen LogP contribution is 2.39. The fourth-order valence-corrected chi connectivity index (χ4v) is 3.29. The molecule has 0 aliphatic carbocycles. The summed E-state index contributed by atoms with van der Waals surface area (Å²) in [6.45, 7) is 4.11. The van der Waals surface area contributed by atoms with Gasteiger partial charge in [-0.15, -0.1) is 0 Å². The summed E-state index contributed by atoms with van der Waals surface area (Å²) in [6, 6.07) is 13.1. The minimum Gasteiger partial charge on any atom is -0.361 e. The van der Waals surface area contributed by atoms with E-state index in [0.717, 1.165) is 17.7 Å². The second-order valence-corrected chi connectivity index (χ2v) is 6.49. The molecule has 1 amide bonds. The average molecular weight is 349 g/mol. The zero-order valence-corrected chi connectivity index (χ0v) is 14.5. The largest absolute Gasteiger partial charge is 0.361 e.